The molecule has 1 aliphatic rings. The first-order valence-corrected chi connectivity index (χ1v) is 7.55. The summed E-state index contributed by atoms with van der Waals surface area (Å²) in [5.41, 5.74) is 1.18. The van der Waals surface area contributed by atoms with Crippen LogP contribution in [0.25, 0.3) is 0 Å². The SMILES string of the molecule is CC(=O)CC1CCCCCN1C(=O)c1cc(F)ccc1C. The number of Topliss-reactive ketones (excluding diaryl/α,β-unsaturated/α-hetero) is 1. The molecule has 0 N–H and O–H groups in total. The summed E-state index contributed by atoms with van der Waals surface area (Å²) in [7, 11) is 0. The molecule has 0 saturated carbocycles. The van der Waals surface area contributed by atoms with Crippen molar-refractivity contribution in [2.45, 2.75) is 52.0 Å². The number of likely N-dealkylation sites (tertiary alicyclic amines) is 1. The summed E-state index contributed by atoms with van der Waals surface area (Å²) in [6.45, 7) is 4.01. The number of aryl methyl sites for hydroxylation is 1. The number of rotatable bonds is 3. The van der Waals surface area contributed by atoms with Crippen molar-refractivity contribution in [2.24, 2.45) is 0 Å². The van der Waals surface area contributed by atoms with Gasteiger partial charge >= 0.3 is 0 Å². The van der Waals surface area contributed by atoms with Crippen LogP contribution in [0, 0.1) is 12.7 Å². The third-order valence-electron chi connectivity index (χ3n) is 4.09. The van der Waals surface area contributed by atoms with Crippen LogP contribution in [0.15, 0.2) is 18.2 Å². The molecular weight excluding hydrogens is 269 g/mol. The maximum atomic E-state index is 13.4. The number of hydrogen-bond acceptors (Lipinski definition) is 2. The third-order valence-corrected chi connectivity index (χ3v) is 4.09. The van der Waals surface area contributed by atoms with Crippen LogP contribution in [0.2, 0.25) is 0 Å². The van der Waals surface area contributed by atoms with Gasteiger partial charge in [0.1, 0.15) is 11.6 Å². The molecule has 0 aliphatic carbocycles. The molecule has 0 radical (unpaired) electrons. The van der Waals surface area contributed by atoms with Crippen LogP contribution in [0.4, 0.5) is 4.39 Å². The van der Waals surface area contributed by atoms with Crippen molar-refractivity contribution in [3.8, 4) is 0 Å². The van der Waals surface area contributed by atoms with Crippen molar-refractivity contribution in [1.82, 2.24) is 4.90 Å². The van der Waals surface area contributed by atoms with E-state index in [1.807, 2.05) is 6.92 Å². The zero-order valence-electron chi connectivity index (χ0n) is 12.7. The fraction of sp³-hybridized carbons (Fsp3) is 0.529. The van der Waals surface area contributed by atoms with Gasteiger partial charge in [-0.3, -0.25) is 9.59 Å². The van der Waals surface area contributed by atoms with Gasteiger partial charge in [0.2, 0.25) is 0 Å². The maximum absolute atomic E-state index is 13.4. The van der Waals surface area contributed by atoms with E-state index in [1.165, 1.54) is 12.1 Å². The Morgan fingerprint density at radius 3 is 2.76 bits per heavy atom. The minimum Gasteiger partial charge on any atom is -0.335 e. The minimum absolute atomic E-state index is 0.0554. The van der Waals surface area contributed by atoms with E-state index >= 15 is 0 Å². The van der Waals surface area contributed by atoms with Gasteiger partial charge in [-0.1, -0.05) is 18.9 Å². The van der Waals surface area contributed by atoms with Crippen molar-refractivity contribution in [3.63, 3.8) is 0 Å². The first-order chi connectivity index (χ1) is 9.99. The topological polar surface area (TPSA) is 37.4 Å². The van der Waals surface area contributed by atoms with E-state index in [9.17, 15) is 14.0 Å². The van der Waals surface area contributed by atoms with Crippen LogP contribution >= 0.6 is 0 Å². The fourth-order valence-corrected chi connectivity index (χ4v) is 2.97. The maximum Gasteiger partial charge on any atom is 0.254 e. The Morgan fingerprint density at radius 1 is 1.29 bits per heavy atom. The van der Waals surface area contributed by atoms with Gasteiger partial charge in [0.25, 0.3) is 5.91 Å². The summed E-state index contributed by atoms with van der Waals surface area (Å²) < 4.78 is 13.4. The first-order valence-electron chi connectivity index (χ1n) is 7.55. The Hall–Kier alpha value is -1.71. The van der Waals surface area contributed by atoms with Crippen LogP contribution in [-0.2, 0) is 4.79 Å². The van der Waals surface area contributed by atoms with E-state index in [-0.39, 0.29) is 17.7 Å². The molecule has 1 unspecified atom stereocenters. The highest BCUT2D eigenvalue weighted by atomic mass is 19.1. The first kappa shape index (κ1) is 15.7. The molecule has 0 aromatic heterocycles. The fourth-order valence-electron chi connectivity index (χ4n) is 2.97. The summed E-state index contributed by atoms with van der Waals surface area (Å²) >= 11 is 0. The average molecular weight is 291 g/mol. The van der Waals surface area contributed by atoms with Gasteiger partial charge in [-0.2, -0.15) is 0 Å². The molecule has 1 atom stereocenters. The van der Waals surface area contributed by atoms with E-state index < -0.39 is 5.82 Å². The Morgan fingerprint density at radius 2 is 2.05 bits per heavy atom. The van der Waals surface area contributed by atoms with Crippen molar-refractivity contribution in [3.05, 3.63) is 35.1 Å². The van der Waals surface area contributed by atoms with Gasteiger partial charge in [-0.15, -0.1) is 0 Å². The van der Waals surface area contributed by atoms with Crippen LogP contribution in [0.5, 0.6) is 0 Å². The Bertz CT molecular complexity index is 542. The number of carbonyl (C=O) groups excluding carboxylic acids is 2. The number of nitrogens with zero attached hydrogens (tertiary/aromatic N) is 1. The summed E-state index contributed by atoms with van der Waals surface area (Å²) in [5, 5.41) is 0. The number of halogens is 1. The third kappa shape index (κ3) is 3.90. The smallest absolute Gasteiger partial charge is 0.254 e. The molecule has 114 valence electrons. The van der Waals surface area contributed by atoms with Gasteiger partial charge in [-0.05, 0) is 44.4 Å². The molecule has 2 rings (SSSR count). The quantitative estimate of drug-likeness (QED) is 0.854. The Balaban J connectivity index is 2.28. The summed E-state index contributed by atoms with van der Waals surface area (Å²) in [6.07, 6.45) is 4.28. The molecule has 1 fully saturated rings. The van der Waals surface area contributed by atoms with E-state index in [2.05, 4.69) is 0 Å². The van der Waals surface area contributed by atoms with Crippen molar-refractivity contribution in [2.75, 3.05) is 6.54 Å². The molecule has 3 nitrogen and oxygen atoms in total. The second kappa shape index (κ2) is 6.83. The lowest BCUT2D eigenvalue weighted by Crippen LogP contribution is -2.41. The largest absolute Gasteiger partial charge is 0.335 e. The van der Waals surface area contributed by atoms with Crippen molar-refractivity contribution < 1.29 is 14.0 Å². The normalized spacial score (nSPS) is 19.2. The Kier molecular flexibility index (Phi) is 5.10. The lowest BCUT2D eigenvalue weighted by Gasteiger charge is -2.30. The number of carbonyl (C=O) groups is 2. The molecule has 0 spiro atoms. The van der Waals surface area contributed by atoms with E-state index in [1.54, 1.807) is 17.9 Å². The lowest BCUT2D eigenvalue weighted by molar-refractivity contribution is -0.118. The van der Waals surface area contributed by atoms with Crippen LogP contribution < -0.4 is 0 Å². The van der Waals surface area contributed by atoms with Crippen molar-refractivity contribution in [1.29, 1.82) is 0 Å². The highest BCUT2D eigenvalue weighted by Gasteiger charge is 2.28. The molecule has 0 bridgehead atoms. The molecular formula is C17H22FNO2. The molecule has 1 aliphatic heterocycles. The highest BCUT2D eigenvalue weighted by molar-refractivity contribution is 5.96. The monoisotopic (exact) mass is 291 g/mol. The standard InChI is InChI=1S/C17H22FNO2/c1-12-7-8-14(18)11-16(12)17(21)19-9-5-3-4-6-15(19)10-13(2)20/h7-8,11,15H,3-6,9-10H2,1-2H3. The number of hydrogen-bond donors (Lipinski definition) is 0. The summed E-state index contributed by atoms with van der Waals surface area (Å²) in [4.78, 5) is 26.0. The van der Waals surface area contributed by atoms with E-state index in [4.69, 9.17) is 0 Å². The minimum atomic E-state index is -0.401. The number of amides is 1. The number of ketones is 1. The van der Waals surface area contributed by atoms with Gasteiger partial charge in [0, 0.05) is 24.6 Å². The molecule has 1 saturated heterocycles. The van der Waals surface area contributed by atoms with Gasteiger partial charge < -0.3 is 4.90 Å². The van der Waals surface area contributed by atoms with E-state index in [0.717, 1.165) is 31.2 Å². The predicted molar refractivity (Wildman–Crippen MR) is 79.7 cm³/mol. The van der Waals surface area contributed by atoms with Gasteiger partial charge in [-0.25, -0.2) is 4.39 Å². The molecule has 1 heterocycles. The van der Waals surface area contributed by atoms with Crippen molar-refractivity contribution >= 4 is 11.7 Å². The van der Waals surface area contributed by atoms with Gasteiger partial charge in [0.05, 0.1) is 0 Å². The second-order valence-electron chi connectivity index (χ2n) is 5.87. The Labute approximate surface area is 125 Å². The predicted octanol–water partition coefficient (Wildman–Crippen LogP) is 3.50. The highest BCUT2D eigenvalue weighted by Crippen LogP contribution is 2.23. The molecule has 1 amide bonds. The molecule has 1 aromatic rings. The van der Waals surface area contributed by atoms with Crippen LogP contribution in [-0.4, -0.2) is 29.2 Å². The zero-order valence-corrected chi connectivity index (χ0v) is 12.7. The van der Waals surface area contributed by atoms with Crippen LogP contribution in [0.1, 0.15) is 54.9 Å². The van der Waals surface area contributed by atoms with Crippen LogP contribution in [0.3, 0.4) is 0 Å². The van der Waals surface area contributed by atoms with Gasteiger partial charge in [0.15, 0.2) is 0 Å². The second-order valence-corrected chi connectivity index (χ2v) is 5.87. The summed E-state index contributed by atoms with van der Waals surface area (Å²) in [6, 6.07) is 4.23. The molecule has 21 heavy (non-hydrogen) atoms. The zero-order chi connectivity index (χ0) is 15.4. The number of benzene rings is 1. The van der Waals surface area contributed by atoms with E-state index in [0.29, 0.717) is 18.5 Å². The molecule has 4 heteroatoms. The molecule has 1 aromatic carbocycles. The summed E-state index contributed by atoms with van der Waals surface area (Å²) in [5.74, 6) is -0.460. The average Bonchev–Trinajstić information content (AvgIpc) is 2.65. The lowest BCUT2D eigenvalue weighted by atomic mass is 10.0.